The number of H-pyrrole nitrogens is 1. The maximum absolute atomic E-state index is 12.0. The lowest BCUT2D eigenvalue weighted by atomic mass is 9.88. The molecule has 0 spiro atoms. The van der Waals surface area contributed by atoms with E-state index in [2.05, 4.69) is 20.8 Å². The zero-order chi connectivity index (χ0) is 11.1. The second-order valence-corrected chi connectivity index (χ2v) is 4.82. The Hall–Kier alpha value is -1.36. The Balaban J connectivity index is 1.65. The molecule has 3 rings (SSSR count). The fourth-order valence-corrected chi connectivity index (χ4v) is 2.81. The van der Waals surface area contributed by atoms with Crippen molar-refractivity contribution < 1.29 is 4.79 Å². The zero-order valence-electron chi connectivity index (χ0n) is 9.29. The predicted molar refractivity (Wildman–Crippen MR) is 60.0 cm³/mol. The normalized spacial score (nSPS) is 31.9. The Morgan fingerprint density at radius 2 is 2.44 bits per heavy atom. The Bertz CT molecular complexity index is 414. The van der Waals surface area contributed by atoms with E-state index < -0.39 is 0 Å². The summed E-state index contributed by atoms with van der Waals surface area (Å²) in [5, 5.41) is 13.2. The van der Waals surface area contributed by atoms with Crippen LogP contribution in [0.4, 0.5) is 5.82 Å². The number of carbonyl (C=O) groups is 1. The van der Waals surface area contributed by atoms with Crippen LogP contribution in [0, 0.1) is 12.8 Å². The summed E-state index contributed by atoms with van der Waals surface area (Å²) < 4.78 is 0. The molecule has 16 heavy (non-hydrogen) atoms. The molecule has 3 N–H and O–H groups in total. The zero-order valence-corrected chi connectivity index (χ0v) is 9.29. The lowest BCUT2D eigenvalue weighted by Gasteiger charge is -2.18. The summed E-state index contributed by atoms with van der Waals surface area (Å²) in [6.07, 6.45) is 3.32. The van der Waals surface area contributed by atoms with E-state index in [1.54, 1.807) is 0 Å². The van der Waals surface area contributed by atoms with E-state index >= 15 is 0 Å². The van der Waals surface area contributed by atoms with E-state index in [0.717, 1.165) is 18.5 Å². The first-order valence-corrected chi connectivity index (χ1v) is 5.81. The SMILES string of the molecule is Cc1cc(NC(=O)C2CC3CCC2N3)n[nH]1. The first kappa shape index (κ1) is 9.84. The van der Waals surface area contributed by atoms with Crippen LogP contribution in [0.15, 0.2) is 6.07 Å². The molecule has 1 aromatic heterocycles. The number of amides is 1. The highest BCUT2D eigenvalue weighted by Crippen LogP contribution is 2.33. The van der Waals surface area contributed by atoms with Gasteiger partial charge in [-0.15, -0.1) is 0 Å². The predicted octanol–water partition coefficient (Wildman–Crippen LogP) is 0.797. The number of carbonyl (C=O) groups excluding carboxylic acids is 1. The van der Waals surface area contributed by atoms with Gasteiger partial charge in [-0.05, 0) is 26.2 Å². The van der Waals surface area contributed by atoms with Gasteiger partial charge in [0.25, 0.3) is 0 Å². The Labute approximate surface area is 94.0 Å². The highest BCUT2D eigenvalue weighted by atomic mass is 16.2. The standard InChI is InChI=1S/C11H16N4O/c1-6-4-10(15-14-6)13-11(16)8-5-7-2-3-9(8)12-7/h4,7-9,12H,2-3,5H2,1H3,(H2,13,14,15,16). The average molecular weight is 220 g/mol. The van der Waals surface area contributed by atoms with E-state index in [0.29, 0.717) is 17.9 Å². The Morgan fingerprint density at radius 1 is 1.56 bits per heavy atom. The van der Waals surface area contributed by atoms with Crippen LogP contribution in [-0.4, -0.2) is 28.2 Å². The van der Waals surface area contributed by atoms with Crippen LogP contribution in [0.25, 0.3) is 0 Å². The molecule has 5 heteroatoms. The smallest absolute Gasteiger partial charge is 0.230 e. The largest absolute Gasteiger partial charge is 0.310 e. The summed E-state index contributed by atoms with van der Waals surface area (Å²) in [6, 6.07) is 2.78. The van der Waals surface area contributed by atoms with Crippen molar-refractivity contribution in [1.29, 1.82) is 0 Å². The monoisotopic (exact) mass is 220 g/mol. The average Bonchev–Trinajstić information content (AvgIpc) is 2.93. The van der Waals surface area contributed by atoms with E-state index in [4.69, 9.17) is 0 Å². The molecule has 2 aliphatic heterocycles. The summed E-state index contributed by atoms with van der Waals surface area (Å²) in [5.41, 5.74) is 0.960. The molecule has 2 bridgehead atoms. The molecular formula is C11H16N4O. The lowest BCUT2D eigenvalue weighted by Crippen LogP contribution is -2.32. The fraction of sp³-hybridized carbons (Fsp3) is 0.636. The number of rotatable bonds is 2. The maximum Gasteiger partial charge on any atom is 0.230 e. The van der Waals surface area contributed by atoms with Crippen LogP contribution in [0.5, 0.6) is 0 Å². The van der Waals surface area contributed by atoms with Gasteiger partial charge >= 0.3 is 0 Å². The third kappa shape index (κ3) is 1.61. The van der Waals surface area contributed by atoms with Gasteiger partial charge in [0.1, 0.15) is 0 Å². The molecular weight excluding hydrogens is 204 g/mol. The van der Waals surface area contributed by atoms with Crippen molar-refractivity contribution in [3.05, 3.63) is 11.8 Å². The molecule has 5 nitrogen and oxygen atoms in total. The van der Waals surface area contributed by atoms with Crippen molar-refractivity contribution >= 4 is 11.7 Å². The quantitative estimate of drug-likeness (QED) is 0.690. The summed E-state index contributed by atoms with van der Waals surface area (Å²) in [6.45, 7) is 1.92. The summed E-state index contributed by atoms with van der Waals surface area (Å²) in [5.74, 6) is 0.854. The number of aromatic nitrogens is 2. The second-order valence-electron chi connectivity index (χ2n) is 4.82. The first-order valence-electron chi connectivity index (χ1n) is 5.81. The number of hydrogen-bond donors (Lipinski definition) is 3. The van der Waals surface area contributed by atoms with Gasteiger partial charge in [-0.1, -0.05) is 0 Å². The topological polar surface area (TPSA) is 69.8 Å². The third-order valence-corrected chi connectivity index (χ3v) is 3.59. The lowest BCUT2D eigenvalue weighted by molar-refractivity contribution is -0.120. The van der Waals surface area contributed by atoms with Gasteiger partial charge in [-0.25, -0.2) is 0 Å². The van der Waals surface area contributed by atoms with Crippen LogP contribution in [-0.2, 0) is 4.79 Å². The summed E-state index contributed by atoms with van der Waals surface area (Å²) >= 11 is 0. The van der Waals surface area contributed by atoms with E-state index in [9.17, 15) is 4.79 Å². The molecule has 0 aliphatic carbocycles. The first-order chi connectivity index (χ1) is 7.72. The molecule has 2 saturated heterocycles. The van der Waals surface area contributed by atoms with Gasteiger partial charge in [0, 0.05) is 23.8 Å². The van der Waals surface area contributed by atoms with Crippen LogP contribution in [0.2, 0.25) is 0 Å². The number of aryl methyl sites for hydroxylation is 1. The van der Waals surface area contributed by atoms with E-state index in [1.165, 1.54) is 6.42 Å². The second kappa shape index (κ2) is 3.59. The van der Waals surface area contributed by atoms with E-state index in [1.807, 2.05) is 13.0 Å². The molecule has 3 atom stereocenters. The highest BCUT2D eigenvalue weighted by Gasteiger charge is 2.42. The molecule has 2 fully saturated rings. The molecule has 1 amide bonds. The molecule has 0 saturated carbocycles. The van der Waals surface area contributed by atoms with Crippen molar-refractivity contribution in [2.75, 3.05) is 5.32 Å². The van der Waals surface area contributed by atoms with Gasteiger partial charge in [0.2, 0.25) is 5.91 Å². The molecule has 0 radical (unpaired) electrons. The highest BCUT2D eigenvalue weighted by molar-refractivity contribution is 5.92. The van der Waals surface area contributed by atoms with Crippen molar-refractivity contribution in [2.45, 2.75) is 38.3 Å². The van der Waals surface area contributed by atoms with Crippen LogP contribution >= 0.6 is 0 Å². The number of hydrogen-bond acceptors (Lipinski definition) is 3. The minimum atomic E-state index is 0.103. The number of nitrogens with zero attached hydrogens (tertiary/aromatic N) is 1. The van der Waals surface area contributed by atoms with Crippen LogP contribution < -0.4 is 10.6 Å². The van der Waals surface area contributed by atoms with Crippen molar-refractivity contribution in [3.63, 3.8) is 0 Å². The number of nitrogens with one attached hydrogen (secondary N) is 3. The molecule has 86 valence electrons. The van der Waals surface area contributed by atoms with Gasteiger partial charge in [-0.2, -0.15) is 5.10 Å². The van der Waals surface area contributed by atoms with Crippen molar-refractivity contribution in [3.8, 4) is 0 Å². The van der Waals surface area contributed by atoms with Crippen molar-refractivity contribution in [2.24, 2.45) is 5.92 Å². The third-order valence-electron chi connectivity index (χ3n) is 3.59. The van der Waals surface area contributed by atoms with Gasteiger partial charge < -0.3 is 10.6 Å². The molecule has 2 aliphatic rings. The Morgan fingerprint density at radius 3 is 3.00 bits per heavy atom. The molecule has 3 unspecified atom stereocenters. The Kier molecular flexibility index (Phi) is 2.21. The van der Waals surface area contributed by atoms with Crippen LogP contribution in [0.1, 0.15) is 25.0 Å². The van der Waals surface area contributed by atoms with Crippen LogP contribution in [0.3, 0.4) is 0 Å². The molecule has 3 heterocycles. The fourth-order valence-electron chi connectivity index (χ4n) is 2.81. The summed E-state index contributed by atoms with van der Waals surface area (Å²) in [4.78, 5) is 12.0. The minimum absolute atomic E-state index is 0.103. The molecule has 1 aromatic rings. The van der Waals surface area contributed by atoms with Gasteiger partial charge in [0.05, 0.1) is 5.92 Å². The van der Waals surface area contributed by atoms with Crippen molar-refractivity contribution in [1.82, 2.24) is 15.5 Å². The number of anilines is 1. The van der Waals surface area contributed by atoms with Gasteiger partial charge in [0.15, 0.2) is 5.82 Å². The van der Waals surface area contributed by atoms with E-state index in [-0.39, 0.29) is 11.8 Å². The number of fused-ring (bicyclic) bond motifs is 2. The van der Waals surface area contributed by atoms with Gasteiger partial charge in [-0.3, -0.25) is 9.89 Å². The maximum atomic E-state index is 12.0. The number of aromatic amines is 1. The minimum Gasteiger partial charge on any atom is -0.310 e. The summed E-state index contributed by atoms with van der Waals surface area (Å²) in [7, 11) is 0. The molecule has 0 aromatic carbocycles.